The standard InChI is InChI=1S/C13H10F3NOS/c14-13(15,16)10-3-1-2-9(6-10)7-12-17-8-11(19-12)4-5-18/h1-3,5-6,8H,4,7H2. The summed E-state index contributed by atoms with van der Waals surface area (Å²) in [6.07, 6.45) is -1.33. The zero-order valence-corrected chi connectivity index (χ0v) is 10.6. The topological polar surface area (TPSA) is 30.0 Å². The van der Waals surface area contributed by atoms with Gasteiger partial charge in [-0.1, -0.05) is 18.2 Å². The van der Waals surface area contributed by atoms with Crippen LogP contribution in [0.1, 0.15) is 21.0 Å². The molecule has 1 heterocycles. The van der Waals surface area contributed by atoms with Crippen LogP contribution in [-0.2, 0) is 23.8 Å². The van der Waals surface area contributed by atoms with Crippen LogP contribution >= 0.6 is 11.3 Å². The molecule has 0 fully saturated rings. The molecule has 0 N–H and O–H groups in total. The molecule has 0 aliphatic carbocycles. The number of alkyl halides is 3. The van der Waals surface area contributed by atoms with Gasteiger partial charge in [0.1, 0.15) is 6.29 Å². The van der Waals surface area contributed by atoms with Crippen molar-refractivity contribution in [2.45, 2.75) is 19.0 Å². The van der Waals surface area contributed by atoms with Crippen LogP contribution < -0.4 is 0 Å². The fraction of sp³-hybridized carbons (Fsp3) is 0.231. The molecule has 0 radical (unpaired) electrons. The van der Waals surface area contributed by atoms with Crippen molar-refractivity contribution < 1.29 is 18.0 Å². The maximum atomic E-state index is 12.6. The minimum absolute atomic E-state index is 0.292. The number of aromatic nitrogens is 1. The Hall–Kier alpha value is -1.69. The summed E-state index contributed by atoms with van der Waals surface area (Å²) in [5.41, 5.74) is -0.100. The monoisotopic (exact) mass is 285 g/mol. The lowest BCUT2D eigenvalue weighted by atomic mass is 10.1. The molecule has 0 atom stereocenters. The molecule has 0 unspecified atom stereocenters. The molecule has 0 saturated heterocycles. The average Bonchev–Trinajstić information content (AvgIpc) is 2.76. The minimum atomic E-state index is -4.33. The van der Waals surface area contributed by atoms with Crippen molar-refractivity contribution in [1.29, 1.82) is 0 Å². The molecule has 6 heteroatoms. The summed E-state index contributed by atoms with van der Waals surface area (Å²) in [6.45, 7) is 0. The van der Waals surface area contributed by atoms with E-state index >= 15 is 0 Å². The van der Waals surface area contributed by atoms with Gasteiger partial charge in [-0.15, -0.1) is 11.3 Å². The Morgan fingerprint density at radius 2 is 2.11 bits per heavy atom. The van der Waals surface area contributed by atoms with Crippen molar-refractivity contribution in [3.05, 3.63) is 51.5 Å². The second kappa shape index (κ2) is 5.52. The van der Waals surface area contributed by atoms with Crippen molar-refractivity contribution in [3.8, 4) is 0 Å². The van der Waals surface area contributed by atoms with Crippen molar-refractivity contribution in [2.24, 2.45) is 0 Å². The molecule has 2 aromatic rings. The highest BCUT2D eigenvalue weighted by molar-refractivity contribution is 7.11. The van der Waals surface area contributed by atoms with E-state index in [-0.39, 0.29) is 0 Å². The minimum Gasteiger partial charge on any atom is -0.303 e. The summed E-state index contributed by atoms with van der Waals surface area (Å²) in [4.78, 5) is 15.3. The molecule has 0 saturated carbocycles. The van der Waals surface area contributed by atoms with E-state index < -0.39 is 11.7 Å². The Bertz CT molecular complexity index is 577. The molecule has 100 valence electrons. The van der Waals surface area contributed by atoms with Gasteiger partial charge in [0.25, 0.3) is 0 Å². The smallest absolute Gasteiger partial charge is 0.303 e. The molecular weight excluding hydrogens is 275 g/mol. The lowest BCUT2D eigenvalue weighted by Gasteiger charge is -2.07. The normalized spacial score (nSPS) is 11.5. The first kappa shape index (κ1) is 13.7. The average molecular weight is 285 g/mol. The molecular formula is C13H10F3NOS. The first-order valence-corrected chi connectivity index (χ1v) is 6.34. The van der Waals surface area contributed by atoms with E-state index in [9.17, 15) is 18.0 Å². The van der Waals surface area contributed by atoms with Crippen molar-refractivity contribution >= 4 is 17.6 Å². The lowest BCUT2D eigenvalue weighted by Crippen LogP contribution is -2.05. The number of hydrogen-bond acceptors (Lipinski definition) is 3. The summed E-state index contributed by atoms with van der Waals surface area (Å²) in [7, 11) is 0. The van der Waals surface area contributed by atoms with E-state index in [1.807, 2.05) is 0 Å². The van der Waals surface area contributed by atoms with Gasteiger partial charge in [0.2, 0.25) is 0 Å². The fourth-order valence-electron chi connectivity index (χ4n) is 1.64. The molecule has 19 heavy (non-hydrogen) atoms. The molecule has 0 amide bonds. The Balaban J connectivity index is 2.16. The van der Waals surface area contributed by atoms with Crippen LogP contribution in [0.15, 0.2) is 30.5 Å². The molecule has 0 aliphatic rings. The highest BCUT2D eigenvalue weighted by Gasteiger charge is 2.30. The second-order valence-corrected chi connectivity index (χ2v) is 5.17. The van der Waals surface area contributed by atoms with E-state index in [1.165, 1.54) is 17.4 Å². The molecule has 0 spiro atoms. The van der Waals surface area contributed by atoms with Crippen LogP contribution in [0.25, 0.3) is 0 Å². The van der Waals surface area contributed by atoms with Crippen molar-refractivity contribution in [2.75, 3.05) is 0 Å². The van der Waals surface area contributed by atoms with Crippen LogP contribution in [0.3, 0.4) is 0 Å². The van der Waals surface area contributed by atoms with Gasteiger partial charge in [0, 0.05) is 23.9 Å². The maximum absolute atomic E-state index is 12.6. The number of hydrogen-bond donors (Lipinski definition) is 0. The zero-order chi connectivity index (χ0) is 13.9. The summed E-state index contributed by atoms with van der Waals surface area (Å²) in [5.74, 6) is 0. The number of halogens is 3. The summed E-state index contributed by atoms with van der Waals surface area (Å²) in [5, 5.41) is 0.705. The van der Waals surface area contributed by atoms with E-state index in [0.29, 0.717) is 23.4 Å². The second-order valence-electron chi connectivity index (χ2n) is 3.97. The van der Waals surface area contributed by atoms with Gasteiger partial charge >= 0.3 is 6.18 Å². The quantitative estimate of drug-likeness (QED) is 0.805. The van der Waals surface area contributed by atoms with Gasteiger partial charge in [-0.3, -0.25) is 0 Å². The Morgan fingerprint density at radius 1 is 1.32 bits per heavy atom. The number of rotatable bonds is 4. The highest BCUT2D eigenvalue weighted by Crippen LogP contribution is 2.30. The van der Waals surface area contributed by atoms with Crippen LogP contribution in [0.2, 0.25) is 0 Å². The molecule has 2 rings (SSSR count). The van der Waals surface area contributed by atoms with E-state index in [2.05, 4.69) is 4.98 Å². The first-order chi connectivity index (χ1) is 8.99. The van der Waals surface area contributed by atoms with Crippen LogP contribution in [0.4, 0.5) is 13.2 Å². The number of aldehydes is 1. The Morgan fingerprint density at radius 3 is 2.79 bits per heavy atom. The largest absolute Gasteiger partial charge is 0.416 e. The fourth-order valence-corrected chi connectivity index (χ4v) is 2.54. The van der Waals surface area contributed by atoms with Crippen molar-refractivity contribution in [1.82, 2.24) is 4.98 Å². The van der Waals surface area contributed by atoms with Gasteiger partial charge in [-0.25, -0.2) is 4.98 Å². The lowest BCUT2D eigenvalue weighted by molar-refractivity contribution is -0.137. The zero-order valence-electron chi connectivity index (χ0n) is 9.78. The predicted molar refractivity (Wildman–Crippen MR) is 66.1 cm³/mol. The SMILES string of the molecule is O=CCc1cnc(Cc2cccc(C(F)(F)F)c2)s1. The van der Waals surface area contributed by atoms with E-state index in [0.717, 1.165) is 23.3 Å². The number of thiazole rings is 1. The number of nitrogens with zero attached hydrogens (tertiary/aromatic N) is 1. The van der Waals surface area contributed by atoms with Crippen LogP contribution in [0.5, 0.6) is 0 Å². The molecule has 0 bridgehead atoms. The maximum Gasteiger partial charge on any atom is 0.416 e. The third kappa shape index (κ3) is 3.64. The summed E-state index contributed by atoms with van der Waals surface area (Å²) < 4.78 is 37.7. The first-order valence-electron chi connectivity index (χ1n) is 5.52. The molecule has 1 aromatic carbocycles. The third-order valence-corrected chi connectivity index (χ3v) is 3.52. The van der Waals surface area contributed by atoms with Gasteiger partial charge in [0.05, 0.1) is 10.6 Å². The van der Waals surface area contributed by atoms with Crippen LogP contribution in [-0.4, -0.2) is 11.3 Å². The Labute approximate surface area is 111 Å². The molecule has 0 aliphatic heterocycles. The third-order valence-electron chi connectivity index (χ3n) is 2.50. The number of benzene rings is 1. The van der Waals surface area contributed by atoms with Gasteiger partial charge in [0.15, 0.2) is 0 Å². The van der Waals surface area contributed by atoms with Crippen LogP contribution in [0, 0.1) is 0 Å². The molecule has 1 aromatic heterocycles. The van der Waals surface area contributed by atoms with Gasteiger partial charge < -0.3 is 4.79 Å². The van der Waals surface area contributed by atoms with E-state index in [1.54, 1.807) is 12.3 Å². The summed E-state index contributed by atoms with van der Waals surface area (Å²) in [6, 6.07) is 5.19. The molecule has 2 nitrogen and oxygen atoms in total. The van der Waals surface area contributed by atoms with Gasteiger partial charge in [-0.05, 0) is 11.6 Å². The number of carbonyl (C=O) groups is 1. The van der Waals surface area contributed by atoms with Gasteiger partial charge in [-0.2, -0.15) is 13.2 Å². The van der Waals surface area contributed by atoms with E-state index in [4.69, 9.17) is 0 Å². The predicted octanol–water partition coefficient (Wildman–Crippen LogP) is 3.49. The summed E-state index contributed by atoms with van der Waals surface area (Å²) >= 11 is 1.34. The number of carbonyl (C=O) groups excluding carboxylic acids is 1. The highest BCUT2D eigenvalue weighted by atomic mass is 32.1. The van der Waals surface area contributed by atoms with Crippen molar-refractivity contribution in [3.63, 3.8) is 0 Å². The Kier molecular flexibility index (Phi) is 3.99.